The number of nitrogens with zero attached hydrogens (tertiary/aromatic N) is 3. The monoisotopic (exact) mass is 461 g/mol. The predicted molar refractivity (Wildman–Crippen MR) is 120 cm³/mol. The number of aliphatic hydroxyl groups is 3. The van der Waals surface area contributed by atoms with E-state index in [-0.39, 0.29) is 11.6 Å². The number of anilines is 1. The number of rotatable bonds is 5. The van der Waals surface area contributed by atoms with Gasteiger partial charge in [-0.15, -0.1) is 0 Å². The average Bonchev–Trinajstić information content (AvgIpc) is 2.78. The summed E-state index contributed by atoms with van der Waals surface area (Å²) in [5.41, 5.74) is 3.62. The first-order chi connectivity index (χ1) is 15.4. The Labute approximate surface area is 188 Å². The number of aromatic carboxylic acids is 1. The van der Waals surface area contributed by atoms with Crippen molar-refractivity contribution < 1.29 is 30.0 Å². The second-order valence-corrected chi connectivity index (χ2v) is 8.49. The molecule has 0 aliphatic heterocycles. The van der Waals surface area contributed by atoms with Crippen molar-refractivity contribution >= 4 is 34.1 Å². The smallest absolute Gasteiger partial charge is 0.342 e. The van der Waals surface area contributed by atoms with Crippen LogP contribution in [-0.4, -0.2) is 72.0 Å². The van der Waals surface area contributed by atoms with Crippen molar-refractivity contribution in [1.82, 2.24) is 14.4 Å². The van der Waals surface area contributed by atoms with Gasteiger partial charge in [-0.25, -0.2) is 19.2 Å². The van der Waals surface area contributed by atoms with Gasteiger partial charge in [0, 0.05) is 22.7 Å². The van der Waals surface area contributed by atoms with E-state index in [0.29, 0.717) is 16.6 Å². The molecule has 0 atom stereocenters. The summed E-state index contributed by atoms with van der Waals surface area (Å²) in [6, 6.07) is 5.07. The maximum Gasteiger partial charge on any atom is 0.342 e. The molecule has 7 N–H and O–H groups in total. The van der Waals surface area contributed by atoms with Crippen LogP contribution < -0.4 is 16.6 Å². The molecule has 33 heavy (non-hydrogen) atoms. The van der Waals surface area contributed by atoms with Crippen molar-refractivity contribution in [3.05, 3.63) is 46.6 Å². The lowest BCUT2D eigenvalue weighted by atomic mass is 9.95. The van der Waals surface area contributed by atoms with Gasteiger partial charge in [-0.1, -0.05) is 20.8 Å². The van der Waals surface area contributed by atoms with Gasteiger partial charge in [0.1, 0.15) is 17.5 Å². The molecule has 0 saturated carbocycles. The maximum atomic E-state index is 12.2. The van der Waals surface area contributed by atoms with Crippen molar-refractivity contribution in [2.75, 3.05) is 25.1 Å². The molecule has 2 heterocycles. The van der Waals surface area contributed by atoms with Crippen molar-refractivity contribution in [2.45, 2.75) is 26.3 Å². The van der Waals surface area contributed by atoms with Crippen LogP contribution in [0.2, 0.25) is 0 Å². The molecule has 0 aliphatic rings. The van der Waals surface area contributed by atoms with E-state index in [9.17, 15) is 14.4 Å². The van der Waals surface area contributed by atoms with E-state index < -0.39 is 47.9 Å². The summed E-state index contributed by atoms with van der Waals surface area (Å²) in [5, 5.41) is 37.4. The fourth-order valence-corrected chi connectivity index (χ4v) is 2.42. The number of carboxylic acid groups (broad SMARTS) is 1. The molecule has 178 valence electrons. The van der Waals surface area contributed by atoms with Gasteiger partial charge >= 0.3 is 5.97 Å². The van der Waals surface area contributed by atoms with Gasteiger partial charge in [0.05, 0.1) is 30.9 Å². The highest BCUT2D eigenvalue weighted by Gasteiger charge is 2.22. The van der Waals surface area contributed by atoms with Crippen molar-refractivity contribution in [1.29, 1.82) is 0 Å². The molecule has 0 saturated heterocycles. The van der Waals surface area contributed by atoms with E-state index in [0.717, 1.165) is 10.6 Å². The number of carboxylic acids is 1. The van der Waals surface area contributed by atoms with Crippen molar-refractivity contribution in [3.8, 4) is 0 Å². The molecule has 0 unspecified atom stereocenters. The van der Waals surface area contributed by atoms with Crippen molar-refractivity contribution in [3.63, 3.8) is 0 Å². The molecule has 0 aliphatic carbocycles. The summed E-state index contributed by atoms with van der Waals surface area (Å²) in [7, 11) is 0. The minimum Gasteiger partial charge on any atom is -0.477 e. The average molecular weight is 461 g/mol. The maximum absolute atomic E-state index is 12.2. The first kappa shape index (κ1) is 25.8. The molecule has 0 bridgehead atoms. The van der Waals surface area contributed by atoms with E-state index in [2.05, 4.69) is 15.3 Å². The van der Waals surface area contributed by atoms with Crippen LogP contribution in [0.15, 0.2) is 35.5 Å². The van der Waals surface area contributed by atoms with Crippen LogP contribution >= 0.6 is 0 Å². The topological polar surface area (TPSA) is 200 Å². The molecule has 3 aromatic rings. The van der Waals surface area contributed by atoms with Crippen LogP contribution in [0.4, 0.5) is 5.69 Å². The Kier molecular flexibility index (Phi) is 7.82. The standard InChI is InChI=1S/C17H16N4O4.C4H11NO3/c1-17(2,3)16(25)20-9-4-5-12-10(6-9)13-18-7-11(15(23)24)14(22)21(13)8-19-12;5-4(1-6,2-7)3-8/h4-8H,1-3H3,(H,20,25)(H,23,24);6-8H,1-3,5H2. The Bertz CT molecular complexity index is 1220. The molecular weight excluding hydrogens is 434 g/mol. The van der Waals surface area contributed by atoms with Gasteiger partial charge in [-0.05, 0) is 18.2 Å². The number of carbonyl (C=O) groups excluding carboxylic acids is 1. The Morgan fingerprint density at radius 3 is 2.18 bits per heavy atom. The van der Waals surface area contributed by atoms with Gasteiger partial charge in [-0.3, -0.25) is 9.59 Å². The predicted octanol–water partition coefficient (Wildman–Crippen LogP) is -0.414. The number of aromatic nitrogens is 3. The van der Waals surface area contributed by atoms with Crippen LogP contribution in [-0.2, 0) is 4.79 Å². The third kappa shape index (κ3) is 5.87. The van der Waals surface area contributed by atoms with Gasteiger partial charge in [0.2, 0.25) is 5.91 Å². The lowest BCUT2D eigenvalue weighted by molar-refractivity contribution is -0.123. The molecule has 0 fully saturated rings. The second-order valence-electron chi connectivity index (χ2n) is 8.49. The van der Waals surface area contributed by atoms with E-state index in [1.807, 2.05) is 0 Å². The summed E-state index contributed by atoms with van der Waals surface area (Å²) >= 11 is 0. The fraction of sp³-hybridized carbons (Fsp3) is 0.381. The number of carbonyl (C=O) groups is 2. The van der Waals surface area contributed by atoms with Crippen LogP contribution in [0, 0.1) is 5.41 Å². The Morgan fingerprint density at radius 1 is 1.09 bits per heavy atom. The van der Waals surface area contributed by atoms with Crippen LogP contribution in [0.3, 0.4) is 0 Å². The normalized spacial score (nSPS) is 11.7. The number of aliphatic hydroxyl groups excluding tert-OH is 3. The third-order valence-electron chi connectivity index (χ3n) is 4.66. The molecule has 2 aromatic heterocycles. The number of nitrogens with two attached hydrogens (primary N) is 1. The van der Waals surface area contributed by atoms with Crippen LogP contribution in [0.1, 0.15) is 31.1 Å². The summed E-state index contributed by atoms with van der Waals surface area (Å²) in [5.74, 6) is -1.50. The molecule has 12 nitrogen and oxygen atoms in total. The number of amides is 1. The minimum absolute atomic E-state index is 0.154. The van der Waals surface area contributed by atoms with E-state index >= 15 is 0 Å². The van der Waals surface area contributed by atoms with E-state index in [4.69, 9.17) is 26.2 Å². The minimum atomic E-state index is -1.35. The quantitative estimate of drug-likeness (QED) is 0.271. The largest absolute Gasteiger partial charge is 0.477 e. The molecule has 0 spiro atoms. The second kappa shape index (κ2) is 10.0. The number of hydrogen-bond acceptors (Lipinski definition) is 9. The van der Waals surface area contributed by atoms with Gasteiger partial charge in [0.25, 0.3) is 5.56 Å². The number of fused-ring (bicyclic) bond motifs is 3. The molecular formula is C21H27N5O7. The van der Waals surface area contributed by atoms with Gasteiger partial charge < -0.3 is 31.5 Å². The summed E-state index contributed by atoms with van der Waals surface area (Å²) in [6.45, 7) is 4.19. The van der Waals surface area contributed by atoms with Gasteiger partial charge in [-0.2, -0.15) is 0 Å². The Hall–Kier alpha value is -3.45. The van der Waals surface area contributed by atoms with Gasteiger partial charge in [0.15, 0.2) is 0 Å². The first-order valence-electron chi connectivity index (χ1n) is 9.83. The Morgan fingerprint density at radius 2 is 1.70 bits per heavy atom. The van der Waals surface area contributed by atoms with Crippen LogP contribution in [0.5, 0.6) is 0 Å². The molecule has 12 heteroatoms. The number of nitrogens with one attached hydrogen (secondary N) is 1. The van der Waals surface area contributed by atoms with Crippen molar-refractivity contribution in [2.24, 2.45) is 11.1 Å². The zero-order valence-electron chi connectivity index (χ0n) is 18.4. The Balaban J connectivity index is 0.000000414. The lowest BCUT2D eigenvalue weighted by Gasteiger charge is -2.20. The molecule has 1 aromatic carbocycles. The molecule has 0 radical (unpaired) electrons. The summed E-state index contributed by atoms with van der Waals surface area (Å²) < 4.78 is 1.08. The summed E-state index contributed by atoms with van der Waals surface area (Å²) in [4.78, 5) is 43.7. The highest BCUT2D eigenvalue weighted by molar-refractivity contribution is 5.99. The van der Waals surface area contributed by atoms with Crippen LogP contribution in [0.25, 0.3) is 16.6 Å². The van der Waals surface area contributed by atoms with E-state index in [1.165, 1.54) is 6.33 Å². The fourth-order valence-electron chi connectivity index (χ4n) is 2.42. The highest BCUT2D eigenvalue weighted by Crippen LogP contribution is 2.22. The SMILES string of the molecule is CC(C)(C)C(=O)Nc1ccc2ncn3c(=O)c(C(=O)O)cnc3c2c1.NC(CO)(CO)CO. The lowest BCUT2D eigenvalue weighted by Crippen LogP contribution is -2.50. The highest BCUT2D eigenvalue weighted by atomic mass is 16.4. The number of hydrogen-bond donors (Lipinski definition) is 6. The number of benzene rings is 1. The van der Waals surface area contributed by atoms with E-state index in [1.54, 1.807) is 39.0 Å². The molecule has 3 rings (SSSR count). The first-order valence-corrected chi connectivity index (χ1v) is 9.83. The summed E-state index contributed by atoms with van der Waals surface area (Å²) in [6.07, 6.45) is 2.27. The molecule has 1 amide bonds. The zero-order valence-corrected chi connectivity index (χ0v) is 18.4. The zero-order chi connectivity index (χ0) is 25.0. The third-order valence-corrected chi connectivity index (χ3v) is 4.66.